The van der Waals surface area contributed by atoms with Crippen molar-refractivity contribution in [1.29, 1.82) is 0 Å². The molecular formula is C18H17FN6O2. The topological polar surface area (TPSA) is 86.0 Å². The SMILES string of the molecule is O=C1COc2c(F)cc(-n3ccnc3-c3cc4n(n3)CCCNC4)cc2N1. The van der Waals surface area contributed by atoms with Crippen molar-refractivity contribution in [3.8, 4) is 23.0 Å². The third-order valence-electron chi connectivity index (χ3n) is 4.69. The highest BCUT2D eigenvalue weighted by atomic mass is 19.1. The number of fused-ring (bicyclic) bond motifs is 2. The lowest BCUT2D eigenvalue weighted by Gasteiger charge is -2.19. The van der Waals surface area contributed by atoms with Crippen molar-refractivity contribution in [2.75, 3.05) is 18.5 Å². The fraction of sp³-hybridized carbons (Fsp3) is 0.278. The lowest BCUT2D eigenvalue weighted by Crippen LogP contribution is -2.26. The zero-order valence-corrected chi connectivity index (χ0v) is 14.4. The van der Waals surface area contributed by atoms with E-state index in [9.17, 15) is 9.18 Å². The molecule has 1 aromatic carbocycles. The van der Waals surface area contributed by atoms with Crippen molar-refractivity contribution < 1.29 is 13.9 Å². The van der Waals surface area contributed by atoms with Crippen LogP contribution in [-0.2, 0) is 17.9 Å². The van der Waals surface area contributed by atoms with Gasteiger partial charge < -0.3 is 15.4 Å². The predicted octanol–water partition coefficient (Wildman–Crippen LogP) is 1.70. The van der Waals surface area contributed by atoms with Crippen LogP contribution >= 0.6 is 0 Å². The first-order chi connectivity index (χ1) is 13.2. The molecule has 2 aromatic heterocycles. The van der Waals surface area contributed by atoms with Gasteiger partial charge in [-0.15, -0.1) is 0 Å². The Bertz CT molecular complexity index is 1020. The zero-order chi connectivity index (χ0) is 18.4. The van der Waals surface area contributed by atoms with Crippen LogP contribution in [0.2, 0.25) is 0 Å². The molecule has 5 rings (SSSR count). The minimum absolute atomic E-state index is 0.0554. The minimum atomic E-state index is -0.535. The summed E-state index contributed by atoms with van der Waals surface area (Å²) in [5.74, 6) is -0.181. The molecule has 0 aliphatic carbocycles. The van der Waals surface area contributed by atoms with Crippen LogP contribution in [0.4, 0.5) is 10.1 Å². The van der Waals surface area contributed by atoms with Gasteiger partial charge in [-0.2, -0.15) is 5.10 Å². The van der Waals surface area contributed by atoms with E-state index in [4.69, 9.17) is 4.74 Å². The summed E-state index contributed by atoms with van der Waals surface area (Å²) in [6, 6.07) is 5.03. The van der Waals surface area contributed by atoms with Crippen LogP contribution in [-0.4, -0.2) is 38.4 Å². The summed E-state index contributed by atoms with van der Waals surface area (Å²) < 4.78 is 23.4. The van der Waals surface area contributed by atoms with E-state index in [1.165, 1.54) is 6.07 Å². The van der Waals surface area contributed by atoms with Gasteiger partial charge in [0, 0.05) is 31.5 Å². The first-order valence-corrected chi connectivity index (χ1v) is 8.77. The summed E-state index contributed by atoms with van der Waals surface area (Å²) in [5, 5.41) is 10.7. The fourth-order valence-electron chi connectivity index (χ4n) is 3.45. The van der Waals surface area contributed by atoms with Crippen molar-refractivity contribution in [1.82, 2.24) is 24.6 Å². The molecule has 0 unspecified atom stereocenters. The quantitative estimate of drug-likeness (QED) is 0.719. The second-order valence-electron chi connectivity index (χ2n) is 6.54. The average molecular weight is 368 g/mol. The predicted molar refractivity (Wildman–Crippen MR) is 95.2 cm³/mol. The number of imidazole rings is 1. The Labute approximate surface area is 154 Å². The molecule has 0 saturated carbocycles. The van der Waals surface area contributed by atoms with Crippen molar-refractivity contribution in [3.63, 3.8) is 0 Å². The number of amides is 1. The summed E-state index contributed by atoms with van der Waals surface area (Å²) in [6.45, 7) is 2.38. The number of anilines is 1. The zero-order valence-electron chi connectivity index (χ0n) is 14.4. The molecule has 9 heteroatoms. The highest BCUT2D eigenvalue weighted by Crippen LogP contribution is 2.34. The Morgan fingerprint density at radius 3 is 3.11 bits per heavy atom. The highest BCUT2D eigenvalue weighted by Gasteiger charge is 2.22. The standard InChI is InChI=1S/C18H17FN6O2/c19-13-6-11(7-14-17(13)27-10-16(26)22-14)24-5-3-21-18(24)15-8-12-9-20-2-1-4-25(12)23-15/h3,5-8,20H,1-2,4,9-10H2,(H,22,26). The molecule has 27 heavy (non-hydrogen) atoms. The third kappa shape index (κ3) is 2.76. The molecule has 2 aliphatic heterocycles. The number of hydrogen-bond donors (Lipinski definition) is 2. The summed E-state index contributed by atoms with van der Waals surface area (Å²) in [6.07, 6.45) is 4.40. The third-order valence-corrected chi connectivity index (χ3v) is 4.69. The fourth-order valence-corrected chi connectivity index (χ4v) is 3.45. The van der Waals surface area contributed by atoms with Crippen molar-refractivity contribution in [2.24, 2.45) is 0 Å². The molecule has 8 nitrogen and oxygen atoms in total. The summed E-state index contributed by atoms with van der Waals surface area (Å²) in [4.78, 5) is 16.0. The summed E-state index contributed by atoms with van der Waals surface area (Å²) >= 11 is 0. The largest absolute Gasteiger partial charge is 0.478 e. The van der Waals surface area contributed by atoms with Gasteiger partial charge in [-0.25, -0.2) is 9.37 Å². The van der Waals surface area contributed by atoms with Gasteiger partial charge in [-0.05, 0) is 25.1 Å². The van der Waals surface area contributed by atoms with Crippen LogP contribution in [0.25, 0.3) is 17.2 Å². The van der Waals surface area contributed by atoms with Gasteiger partial charge in [-0.3, -0.25) is 14.0 Å². The Morgan fingerprint density at radius 2 is 2.19 bits per heavy atom. The second kappa shape index (κ2) is 6.20. The number of nitrogens with one attached hydrogen (secondary N) is 2. The Hall–Kier alpha value is -3.20. The lowest BCUT2D eigenvalue weighted by atomic mass is 10.2. The number of ether oxygens (including phenoxy) is 1. The normalized spacial score (nSPS) is 16.1. The average Bonchev–Trinajstić information content (AvgIpc) is 3.23. The molecule has 0 bridgehead atoms. The van der Waals surface area contributed by atoms with Crippen LogP contribution in [0.1, 0.15) is 12.1 Å². The monoisotopic (exact) mass is 368 g/mol. The van der Waals surface area contributed by atoms with Gasteiger partial charge in [0.15, 0.2) is 24.0 Å². The number of hydrogen-bond acceptors (Lipinski definition) is 5. The maximum atomic E-state index is 14.5. The molecule has 2 aliphatic rings. The number of halogens is 1. The first kappa shape index (κ1) is 16.0. The molecule has 0 atom stereocenters. The van der Waals surface area contributed by atoms with E-state index >= 15 is 0 Å². The molecule has 1 amide bonds. The van der Waals surface area contributed by atoms with Crippen LogP contribution < -0.4 is 15.4 Å². The van der Waals surface area contributed by atoms with E-state index in [2.05, 4.69) is 20.7 Å². The lowest BCUT2D eigenvalue weighted by molar-refractivity contribution is -0.118. The van der Waals surface area contributed by atoms with E-state index in [0.29, 0.717) is 17.2 Å². The number of nitrogens with zero attached hydrogens (tertiary/aromatic N) is 4. The van der Waals surface area contributed by atoms with E-state index in [-0.39, 0.29) is 18.3 Å². The Kier molecular flexibility index (Phi) is 3.68. The number of carbonyl (C=O) groups is 1. The van der Waals surface area contributed by atoms with Gasteiger partial charge in [0.2, 0.25) is 0 Å². The number of carbonyl (C=O) groups excluding carboxylic acids is 1. The summed E-state index contributed by atoms with van der Waals surface area (Å²) in [7, 11) is 0. The number of aryl methyl sites for hydroxylation is 1. The van der Waals surface area contributed by atoms with Crippen LogP contribution in [0.15, 0.2) is 30.6 Å². The van der Waals surface area contributed by atoms with Crippen LogP contribution in [0.5, 0.6) is 5.75 Å². The molecule has 4 heterocycles. The molecule has 0 saturated heterocycles. The maximum Gasteiger partial charge on any atom is 0.262 e. The highest BCUT2D eigenvalue weighted by molar-refractivity contribution is 5.95. The summed E-state index contributed by atoms with van der Waals surface area (Å²) in [5.41, 5.74) is 2.66. The van der Waals surface area contributed by atoms with E-state index in [1.54, 1.807) is 23.0 Å². The number of aromatic nitrogens is 4. The van der Waals surface area contributed by atoms with Gasteiger partial charge in [0.05, 0.1) is 17.1 Å². The van der Waals surface area contributed by atoms with E-state index in [0.717, 1.165) is 37.4 Å². The van der Waals surface area contributed by atoms with Gasteiger partial charge >= 0.3 is 0 Å². The minimum Gasteiger partial charge on any atom is -0.478 e. The van der Waals surface area contributed by atoms with E-state index in [1.807, 2.05) is 10.7 Å². The molecule has 3 aromatic rings. The Balaban J connectivity index is 1.57. The molecule has 0 radical (unpaired) electrons. The van der Waals surface area contributed by atoms with Crippen molar-refractivity contribution >= 4 is 11.6 Å². The molecule has 0 spiro atoms. The van der Waals surface area contributed by atoms with Gasteiger partial charge in [-0.1, -0.05) is 0 Å². The number of rotatable bonds is 2. The van der Waals surface area contributed by atoms with Crippen molar-refractivity contribution in [2.45, 2.75) is 19.5 Å². The Morgan fingerprint density at radius 1 is 1.26 bits per heavy atom. The molecule has 0 fully saturated rings. The van der Waals surface area contributed by atoms with Crippen LogP contribution in [0.3, 0.4) is 0 Å². The smallest absolute Gasteiger partial charge is 0.262 e. The molecule has 2 N–H and O–H groups in total. The molecule has 138 valence electrons. The first-order valence-electron chi connectivity index (χ1n) is 8.77. The van der Waals surface area contributed by atoms with Crippen LogP contribution in [0, 0.1) is 5.82 Å². The van der Waals surface area contributed by atoms with Crippen molar-refractivity contribution in [3.05, 3.63) is 42.1 Å². The second-order valence-corrected chi connectivity index (χ2v) is 6.54. The number of benzene rings is 1. The van der Waals surface area contributed by atoms with Gasteiger partial charge in [0.1, 0.15) is 5.69 Å². The maximum absolute atomic E-state index is 14.5. The van der Waals surface area contributed by atoms with Gasteiger partial charge in [0.25, 0.3) is 5.91 Å². The van der Waals surface area contributed by atoms with E-state index < -0.39 is 5.82 Å². The molecular weight excluding hydrogens is 351 g/mol.